The van der Waals surface area contributed by atoms with Crippen molar-refractivity contribution in [2.45, 2.75) is 57.1 Å². The second kappa shape index (κ2) is 10.6. The minimum absolute atomic E-state index is 0.289. The molecule has 0 aliphatic carbocycles. The zero-order chi connectivity index (χ0) is 25.9. The van der Waals surface area contributed by atoms with Crippen LogP contribution < -0.4 is 4.72 Å². The summed E-state index contributed by atoms with van der Waals surface area (Å²) in [6, 6.07) is 9.96. The van der Waals surface area contributed by atoms with Crippen molar-refractivity contribution < 1.29 is 21.6 Å². The molecule has 0 bridgehead atoms. The van der Waals surface area contributed by atoms with Crippen molar-refractivity contribution in [1.82, 2.24) is 24.9 Å². The molecule has 0 unspecified atom stereocenters. The number of nitrogens with zero attached hydrogens (tertiary/aromatic N) is 5. The zero-order valence-electron chi connectivity index (χ0n) is 20.1. The summed E-state index contributed by atoms with van der Waals surface area (Å²) >= 11 is 0. The molecule has 1 fully saturated rings. The van der Waals surface area contributed by atoms with Crippen molar-refractivity contribution >= 4 is 15.7 Å². The molecule has 0 saturated carbocycles. The van der Waals surface area contributed by atoms with Gasteiger partial charge >= 0.3 is 6.18 Å². The molecule has 1 saturated heterocycles. The molecule has 1 N–H and O–H groups in total. The summed E-state index contributed by atoms with van der Waals surface area (Å²) in [6.07, 6.45) is 0.420. The second-order valence-electron chi connectivity index (χ2n) is 9.33. The number of sulfonamides is 1. The van der Waals surface area contributed by atoms with Crippen LogP contribution in [0.4, 0.5) is 18.9 Å². The number of pyridine rings is 1. The third-order valence-corrected chi connectivity index (χ3v) is 8.02. The molecule has 0 spiro atoms. The molecule has 4 rings (SSSR count). The van der Waals surface area contributed by atoms with E-state index in [2.05, 4.69) is 24.9 Å². The maximum Gasteiger partial charge on any atom is 0.433 e. The number of nitrogens with one attached hydrogen (secondary N) is 1. The number of benzene rings is 1. The maximum absolute atomic E-state index is 12.7. The number of rotatable bonds is 8. The normalized spacial score (nSPS) is 15.9. The minimum Gasteiger partial charge on any atom is -0.297 e. The summed E-state index contributed by atoms with van der Waals surface area (Å²) in [6.45, 7) is 5.94. The Morgan fingerprint density at radius 2 is 1.86 bits per heavy atom. The van der Waals surface area contributed by atoms with Crippen LogP contribution in [0.3, 0.4) is 0 Å². The standard InChI is InChI=1S/C24H29F3N6O2S/c1-17(2)36(34,35)30-21-5-3-4-20(12-21)19-8-10-32(11-9-19)15-22-16-33(31-29-22)14-18-6-7-23(28-13-18)24(25,26)27/h3-7,12-13,16-17,19,30H,8-11,14-15H2,1-2H3. The predicted molar refractivity (Wildman–Crippen MR) is 130 cm³/mol. The van der Waals surface area contributed by atoms with Crippen molar-refractivity contribution in [1.29, 1.82) is 0 Å². The topological polar surface area (TPSA) is 93.0 Å². The van der Waals surface area contributed by atoms with Crippen LogP contribution in [0.2, 0.25) is 0 Å². The van der Waals surface area contributed by atoms with Crippen LogP contribution >= 0.6 is 0 Å². The lowest BCUT2D eigenvalue weighted by Gasteiger charge is -2.31. The molecule has 1 aliphatic heterocycles. The Labute approximate surface area is 208 Å². The molecule has 12 heteroatoms. The Balaban J connectivity index is 1.29. The molecule has 3 heterocycles. The molecule has 8 nitrogen and oxygen atoms in total. The van der Waals surface area contributed by atoms with Gasteiger partial charge in [0.05, 0.1) is 23.7 Å². The highest BCUT2D eigenvalue weighted by Crippen LogP contribution is 2.30. The van der Waals surface area contributed by atoms with E-state index in [-0.39, 0.29) is 6.54 Å². The Kier molecular flexibility index (Phi) is 7.65. The van der Waals surface area contributed by atoms with Gasteiger partial charge < -0.3 is 0 Å². The highest BCUT2D eigenvalue weighted by atomic mass is 32.2. The highest BCUT2D eigenvalue weighted by molar-refractivity contribution is 7.93. The van der Waals surface area contributed by atoms with Crippen LogP contribution in [0.5, 0.6) is 0 Å². The summed E-state index contributed by atoms with van der Waals surface area (Å²) in [5.41, 5.74) is 2.19. The summed E-state index contributed by atoms with van der Waals surface area (Å²) in [5, 5.41) is 7.80. The largest absolute Gasteiger partial charge is 0.433 e. The lowest BCUT2D eigenvalue weighted by atomic mass is 9.89. The Morgan fingerprint density at radius 1 is 1.11 bits per heavy atom. The first-order valence-electron chi connectivity index (χ1n) is 11.7. The molecule has 1 aliphatic rings. The van der Waals surface area contributed by atoms with Crippen molar-refractivity contribution in [3.8, 4) is 0 Å². The molecule has 3 aromatic rings. The van der Waals surface area contributed by atoms with Gasteiger partial charge in [0.1, 0.15) is 5.69 Å². The average molecular weight is 523 g/mol. The fourth-order valence-electron chi connectivity index (χ4n) is 4.15. The van der Waals surface area contributed by atoms with Crippen LogP contribution in [-0.4, -0.2) is 51.6 Å². The molecule has 0 atom stereocenters. The third-order valence-electron chi connectivity index (χ3n) is 6.26. The van der Waals surface area contributed by atoms with Gasteiger partial charge in [0.25, 0.3) is 0 Å². The first-order valence-corrected chi connectivity index (χ1v) is 13.3. The fraction of sp³-hybridized carbons (Fsp3) is 0.458. The van der Waals surface area contributed by atoms with Gasteiger partial charge in [0.15, 0.2) is 0 Å². The Bertz CT molecular complexity index is 1270. The van der Waals surface area contributed by atoms with Gasteiger partial charge in [-0.25, -0.2) is 13.1 Å². The molecule has 2 aromatic heterocycles. The quantitative estimate of drug-likeness (QED) is 0.475. The fourth-order valence-corrected chi connectivity index (χ4v) is 4.84. The maximum atomic E-state index is 12.7. The number of alkyl halides is 3. The number of likely N-dealkylation sites (tertiary alicyclic amines) is 1. The van der Waals surface area contributed by atoms with Gasteiger partial charge in [-0.3, -0.25) is 14.6 Å². The van der Waals surface area contributed by atoms with E-state index < -0.39 is 27.1 Å². The van der Waals surface area contributed by atoms with Gasteiger partial charge in [0.2, 0.25) is 10.0 Å². The van der Waals surface area contributed by atoms with Crippen LogP contribution in [0.25, 0.3) is 0 Å². The lowest BCUT2D eigenvalue weighted by molar-refractivity contribution is -0.141. The number of hydrogen-bond donors (Lipinski definition) is 1. The minimum atomic E-state index is -4.46. The van der Waals surface area contributed by atoms with Gasteiger partial charge in [-0.05, 0) is 75.0 Å². The van der Waals surface area contributed by atoms with Crippen LogP contribution in [0, 0.1) is 0 Å². The van der Waals surface area contributed by atoms with E-state index in [1.807, 2.05) is 18.2 Å². The molecular weight excluding hydrogens is 493 g/mol. The van der Waals surface area contributed by atoms with Gasteiger partial charge in [-0.15, -0.1) is 5.10 Å². The molecule has 0 radical (unpaired) electrons. The summed E-state index contributed by atoms with van der Waals surface area (Å²) in [5.74, 6) is 0.340. The van der Waals surface area contributed by atoms with Gasteiger partial charge in [0, 0.05) is 18.4 Å². The molecule has 194 valence electrons. The van der Waals surface area contributed by atoms with E-state index in [0.717, 1.165) is 43.3 Å². The summed E-state index contributed by atoms with van der Waals surface area (Å²) in [7, 11) is -3.39. The van der Waals surface area contributed by atoms with E-state index in [0.29, 0.717) is 23.7 Å². The zero-order valence-corrected chi connectivity index (χ0v) is 20.9. The summed E-state index contributed by atoms with van der Waals surface area (Å²) in [4.78, 5) is 5.77. The van der Waals surface area contributed by atoms with Gasteiger partial charge in [-0.1, -0.05) is 23.4 Å². The number of aromatic nitrogens is 4. The second-order valence-corrected chi connectivity index (χ2v) is 11.6. The lowest BCUT2D eigenvalue weighted by Crippen LogP contribution is -2.32. The monoisotopic (exact) mass is 522 g/mol. The Morgan fingerprint density at radius 3 is 2.50 bits per heavy atom. The molecule has 1 aromatic carbocycles. The molecule has 0 amide bonds. The van der Waals surface area contributed by atoms with Crippen molar-refractivity contribution in [3.63, 3.8) is 0 Å². The summed E-state index contributed by atoms with van der Waals surface area (Å²) < 4.78 is 66.6. The van der Waals surface area contributed by atoms with Gasteiger partial charge in [-0.2, -0.15) is 13.2 Å². The first-order chi connectivity index (χ1) is 17.0. The predicted octanol–water partition coefficient (Wildman–Crippen LogP) is 4.27. The number of hydrogen-bond acceptors (Lipinski definition) is 6. The third kappa shape index (κ3) is 6.61. The average Bonchev–Trinajstić information content (AvgIpc) is 3.25. The molecule has 36 heavy (non-hydrogen) atoms. The smallest absolute Gasteiger partial charge is 0.297 e. The molecular formula is C24H29F3N6O2S. The number of piperidine rings is 1. The van der Waals surface area contributed by atoms with E-state index in [9.17, 15) is 21.6 Å². The first kappa shape index (κ1) is 26.1. The van der Waals surface area contributed by atoms with E-state index in [4.69, 9.17) is 0 Å². The van der Waals surface area contributed by atoms with Crippen LogP contribution in [0.1, 0.15) is 55.1 Å². The van der Waals surface area contributed by atoms with E-state index in [1.54, 1.807) is 30.8 Å². The highest BCUT2D eigenvalue weighted by Gasteiger charge is 2.32. The van der Waals surface area contributed by atoms with E-state index >= 15 is 0 Å². The van der Waals surface area contributed by atoms with Crippen LogP contribution in [-0.2, 0) is 29.3 Å². The van der Waals surface area contributed by atoms with Crippen LogP contribution in [0.15, 0.2) is 48.8 Å². The SMILES string of the molecule is CC(C)S(=O)(=O)Nc1cccc(C2CCN(Cc3cn(Cc4ccc(C(F)(F)F)nc4)nn3)CC2)c1. The number of halogens is 3. The van der Waals surface area contributed by atoms with Crippen molar-refractivity contribution in [2.24, 2.45) is 0 Å². The Hall–Kier alpha value is -2.99. The number of anilines is 1. The van der Waals surface area contributed by atoms with E-state index in [1.165, 1.54) is 12.3 Å². The van der Waals surface area contributed by atoms with Crippen molar-refractivity contribution in [3.05, 3.63) is 71.3 Å². The van der Waals surface area contributed by atoms with Crippen molar-refractivity contribution in [2.75, 3.05) is 17.8 Å².